The number of sulfonamides is 1. The van der Waals surface area contributed by atoms with Gasteiger partial charge in [0.05, 0.1) is 28.8 Å². The molecule has 0 aliphatic carbocycles. The number of hydrogen-bond acceptors (Lipinski definition) is 5. The Bertz CT molecular complexity index is 1280. The molecule has 0 aliphatic rings. The summed E-state index contributed by atoms with van der Waals surface area (Å²) in [5, 5.41) is 11.0. The van der Waals surface area contributed by atoms with E-state index in [1.807, 2.05) is 6.92 Å². The molecule has 6 nitrogen and oxygen atoms in total. The summed E-state index contributed by atoms with van der Waals surface area (Å²) in [5.74, 6) is -0.680. The molecule has 0 N–H and O–H groups in total. The van der Waals surface area contributed by atoms with Gasteiger partial charge in [0.25, 0.3) is 10.0 Å². The first kappa shape index (κ1) is 23.9. The first-order valence-corrected chi connectivity index (χ1v) is 12.0. The van der Waals surface area contributed by atoms with Crippen LogP contribution in [0.4, 0.5) is 5.69 Å². The number of rotatable bonds is 8. The zero-order valence-corrected chi connectivity index (χ0v) is 19.5. The molecule has 0 amide bonds. The average molecular weight is 491 g/mol. The van der Waals surface area contributed by atoms with Crippen molar-refractivity contribution in [2.75, 3.05) is 17.5 Å². The topological polar surface area (TPSA) is 87.5 Å². The zero-order chi connectivity index (χ0) is 23.3. The van der Waals surface area contributed by atoms with Crippen molar-refractivity contribution in [3.63, 3.8) is 0 Å². The standard InChI is InChI=1S/C23H20Cl2N2O4S/c1-2-3-8-31-23(28)15-27(32(29,30)22-12-19(24)11-20(25)13-22)21-7-6-17-5-4-16(14-26)9-18(17)10-21/h4-7,9-13H,2-3,8,15H2,1H3. The van der Waals surface area contributed by atoms with Crippen LogP contribution in [-0.2, 0) is 19.6 Å². The molecule has 0 aromatic heterocycles. The Morgan fingerprint density at radius 2 is 1.72 bits per heavy atom. The third-order valence-corrected chi connectivity index (χ3v) is 6.89. The van der Waals surface area contributed by atoms with Crippen LogP contribution in [0.5, 0.6) is 0 Å². The number of hydrogen-bond donors (Lipinski definition) is 0. The summed E-state index contributed by atoms with van der Waals surface area (Å²) in [6.07, 6.45) is 1.51. The molecule has 0 radical (unpaired) electrons. The van der Waals surface area contributed by atoms with Gasteiger partial charge in [0.15, 0.2) is 0 Å². The number of unbranched alkanes of at least 4 members (excludes halogenated alkanes) is 1. The van der Waals surface area contributed by atoms with Crippen molar-refractivity contribution in [2.24, 2.45) is 0 Å². The van der Waals surface area contributed by atoms with E-state index in [2.05, 4.69) is 6.07 Å². The Morgan fingerprint density at radius 1 is 1.03 bits per heavy atom. The summed E-state index contributed by atoms with van der Waals surface area (Å²) >= 11 is 12.0. The SMILES string of the molecule is CCCCOC(=O)CN(c1ccc2ccc(C#N)cc2c1)S(=O)(=O)c1cc(Cl)cc(Cl)c1. The van der Waals surface area contributed by atoms with Crippen LogP contribution in [-0.4, -0.2) is 27.5 Å². The molecule has 0 bridgehead atoms. The number of nitrogens with zero attached hydrogens (tertiary/aromatic N) is 2. The van der Waals surface area contributed by atoms with Gasteiger partial charge in [-0.1, -0.05) is 48.7 Å². The Morgan fingerprint density at radius 3 is 2.38 bits per heavy atom. The van der Waals surface area contributed by atoms with Crippen molar-refractivity contribution in [2.45, 2.75) is 24.7 Å². The molecule has 0 heterocycles. The van der Waals surface area contributed by atoms with Crippen molar-refractivity contribution >= 4 is 55.7 Å². The largest absolute Gasteiger partial charge is 0.464 e. The lowest BCUT2D eigenvalue weighted by Gasteiger charge is -2.24. The second kappa shape index (κ2) is 10.2. The van der Waals surface area contributed by atoms with Gasteiger partial charge in [-0.15, -0.1) is 0 Å². The van der Waals surface area contributed by atoms with Crippen LogP contribution < -0.4 is 4.31 Å². The number of carbonyl (C=O) groups excluding carboxylic acids is 1. The molecule has 3 aromatic rings. The normalized spacial score (nSPS) is 11.2. The average Bonchev–Trinajstić information content (AvgIpc) is 2.76. The van der Waals surface area contributed by atoms with Gasteiger partial charge in [0, 0.05) is 10.0 Å². The highest BCUT2D eigenvalue weighted by Crippen LogP contribution is 2.30. The van der Waals surface area contributed by atoms with Crippen molar-refractivity contribution < 1.29 is 17.9 Å². The minimum absolute atomic E-state index is 0.151. The third kappa shape index (κ3) is 5.52. The molecule has 0 saturated carbocycles. The molecular weight excluding hydrogens is 471 g/mol. The number of fused-ring (bicyclic) bond motifs is 1. The second-order valence-electron chi connectivity index (χ2n) is 7.05. The molecule has 0 aliphatic heterocycles. The maximum atomic E-state index is 13.5. The summed E-state index contributed by atoms with van der Waals surface area (Å²) in [4.78, 5) is 12.3. The Hall–Kier alpha value is -2.79. The number of benzene rings is 3. The van der Waals surface area contributed by atoms with E-state index < -0.39 is 22.5 Å². The van der Waals surface area contributed by atoms with Gasteiger partial charge in [0.1, 0.15) is 6.54 Å². The molecule has 0 fully saturated rings. The van der Waals surface area contributed by atoms with Gasteiger partial charge in [0.2, 0.25) is 0 Å². The van der Waals surface area contributed by atoms with Crippen LogP contribution in [0.25, 0.3) is 10.8 Å². The number of nitriles is 1. The summed E-state index contributed by atoms with van der Waals surface area (Å²) in [7, 11) is -4.21. The Labute approximate surface area is 197 Å². The van der Waals surface area contributed by atoms with E-state index in [0.717, 1.165) is 16.1 Å². The first-order chi connectivity index (χ1) is 15.2. The second-order valence-corrected chi connectivity index (χ2v) is 9.78. The third-order valence-electron chi connectivity index (χ3n) is 4.70. The van der Waals surface area contributed by atoms with E-state index in [1.165, 1.54) is 18.2 Å². The monoisotopic (exact) mass is 490 g/mol. The van der Waals surface area contributed by atoms with Crippen molar-refractivity contribution in [3.05, 3.63) is 70.2 Å². The highest BCUT2D eigenvalue weighted by Gasteiger charge is 2.28. The molecule has 0 spiro atoms. The van der Waals surface area contributed by atoms with Gasteiger partial charge >= 0.3 is 5.97 Å². The molecule has 3 aromatic carbocycles. The lowest BCUT2D eigenvalue weighted by Crippen LogP contribution is -2.36. The fourth-order valence-corrected chi connectivity index (χ4v) is 5.20. The Balaban J connectivity index is 2.09. The van der Waals surface area contributed by atoms with Gasteiger partial charge in [-0.2, -0.15) is 5.26 Å². The van der Waals surface area contributed by atoms with Crippen LogP contribution in [0.15, 0.2) is 59.5 Å². The fourth-order valence-electron chi connectivity index (χ4n) is 3.07. The predicted octanol–water partition coefficient (Wildman–Crippen LogP) is 5.56. The smallest absolute Gasteiger partial charge is 0.326 e. The van der Waals surface area contributed by atoms with Crippen LogP contribution in [0.1, 0.15) is 25.3 Å². The molecule has 32 heavy (non-hydrogen) atoms. The summed E-state index contributed by atoms with van der Waals surface area (Å²) in [6.45, 7) is 1.63. The number of esters is 1. The van der Waals surface area contributed by atoms with Crippen LogP contribution in [0.3, 0.4) is 0 Å². The van der Waals surface area contributed by atoms with Crippen molar-refractivity contribution in [3.8, 4) is 6.07 Å². The van der Waals surface area contributed by atoms with E-state index in [0.29, 0.717) is 17.4 Å². The van der Waals surface area contributed by atoms with Gasteiger partial charge < -0.3 is 4.74 Å². The first-order valence-electron chi connectivity index (χ1n) is 9.83. The number of carbonyl (C=O) groups is 1. The quantitative estimate of drug-likeness (QED) is 0.304. The van der Waals surface area contributed by atoms with Crippen molar-refractivity contribution in [1.29, 1.82) is 5.26 Å². The maximum absolute atomic E-state index is 13.5. The van der Waals surface area contributed by atoms with Gasteiger partial charge in [-0.25, -0.2) is 8.42 Å². The van der Waals surface area contributed by atoms with E-state index in [4.69, 9.17) is 27.9 Å². The summed E-state index contributed by atoms with van der Waals surface area (Å²) in [5.41, 5.74) is 0.681. The molecule has 0 saturated heterocycles. The van der Waals surface area contributed by atoms with Crippen LogP contribution >= 0.6 is 23.2 Å². The van der Waals surface area contributed by atoms with E-state index in [9.17, 15) is 18.5 Å². The minimum atomic E-state index is -4.21. The number of halogens is 2. The molecule has 9 heteroatoms. The van der Waals surface area contributed by atoms with Gasteiger partial charge in [-0.05, 0) is 59.7 Å². The summed E-state index contributed by atoms with van der Waals surface area (Å²) in [6, 6.07) is 16.1. The number of anilines is 1. The predicted molar refractivity (Wildman–Crippen MR) is 126 cm³/mol. The maximum Gasteiger partial charge on any atom is 0.326 e. The fraction of sp³-hybridized carbons (Fsp3) is 0.217. The van der Waals surface area contributed by atoms with Crippen molar-refractivity contribution in [1.82, 2.24) is 0 Å². The molecule has 166 valence electrons. The van der Waals surface area contributed by atoms with Crippen LogP contribution in [0.2, 0.25) is 10.0 Å². The number of ether oxygens (including phenoxy) is 1. The van der Waals surface area contributed by atoms with Crippen LogP contribution in [0, 0.1) is 11.3 Å². The molecular formula is C23H20Cl2N2O4S. The minimum Gasteiger partial charge on any atom is -0.464 e. The van der Waals surface area contributed by atoms with E-state index in [1.54, 1.807) is 36.4 Å². The summed E-state index contributed by atoms with van der Waals surface area (Å²) < 4.78 is 33.2. The lowest BCUT2D eigenvalue weighted by atomic mass is 10.1. The van der Waals surface area contributed by atoms with Gasteiger partial charge in [-0.3, -0.25) is 9.10 Å². The molecule has 0 atom stereocenters. The van der Waals surface area contributed by atoms with E-state index in [-0.39, 0.29) is 27.2 Å². The lowest BCUT2D eigenvalue weighted by molar-refractivity contribution is -0.141. The highest BCUT2D eigenvalue weighted by molar-refractivity contribution is 7.92. The van der Waals surface area contributed by atoms with E-state index >= 15 is 0 Å². The Kier molecular flexibility index (Phi) is 7.62. The highest BCUT2D eigenvalue weighted by atomic mass is 35.5. The molecule has 3 rings (SSSR count). The zero-order valence-electron chi connectivity index (χ0n) is 17.2. The molecule has 0 unspecified atom stereocenters.